The van der Waals surface area contributed by atoms with Gasteiger partial charge in [0.25, 0.3) is 10.0 Å². The Morgan fingerprint density at radius 2 is 1.97 bits per heavy atom. The maximum atomic E-state index is 12.6. The average Bonchev–Trinajstić information content (AvgIpc) is 2.69. The number of piperazine rings is 1. The SMILES string of the molecule is COC(=O)Nc1ccc(N(O)S(=O)(=O)CCC[N+]2(C)CCN(C)CC2)cc1OC. The predicted octanol–water partition coefficient (Wildman–Crippen LogP) is 1.18. The van der Waals surface area contributed by atoms with Crippen LogP contribution in [-0.2, 0) is 14.8 Å². The number of methoxy groups -OCH3 is 2. The molecular formula is C18H31N4O6S+. The van der Waals surface area contributed by atoms with Crippen molar-refractivity contribution in [1.29, 1.82) is 0 Å². The quantitative estimate of drug-likeness (QED) is 0.470. The van der Waals surface area contributed by atoms with Crippen LogP contribution in [0.2, 0.25) is 0 Å². The maximum absolute atomic E-state index is 12.6. The first-order valence-electron chi connectivity index (χ1n) is 9.37. The minimum absolute atomic E-state index is 0.0252. The van der Waals surface area contributed by atoms with Crippen molar-refractivity contribution >= 4 is 27.5 Å². The summed E-state index contributed by atoms with van der Waals surface area (Å²) in [7, 11) is 2.90. The minimum Gasteiger partial charge on any atom is -0.494 e. The third-order valence-electron chi connectivity index (χ3n) is 5.23. The second kappa shape index (κ2) is 9.61. The standard InChI is InChI=1S/C18H30N4O6S/c1-20-8-11-22(2,12-9-20)10-5-13-29(25,26)21(24)15-6-7-16(17(14-15)27-3)19-18(23)28-4/h6-7,14,24H,5,8-13H2,1-4H3/p+1. The van der Waals surface area contributed by atoms with E-state index in [-0.39, 0.29) is 21.7 Å². The van der Waals surface area contributed by atoms with E-state index >= 15 is 0 Å². The highest BCUT2D eigenvalue weighted by Gasteiger charge is 2.29. The number of carbonyl (C=O) groups is 1. The zero-order chi connectivity index (χ0) is 21.7. The van der Waals surface area contributed by atoms with Crippen molar-refractivity contribution in [2.45, 2.75) is 6.42 Å². The summed E-state index contributed by atoms with van der Waals surface area (Å²) in [5.41, 5.74) is 0.318. The maximum Gasteiger partial charge on any atom is 0.411 e. The zero-order valence-corrected chi connectivity index (χ0v) is 18.2. The number of sulfonamides is 1. The van der Waals surface area contributed by atoms with Crippen molar-refractivity contribution in [2.24, 2.45) is 0 Å². The number of amides is 1. The van der Waals surface area contributed by atoms with Crippen LogP contribution in [0.3, 0.4) is 0 Å². The summed E-state index contributed by atoms with van der Waals surface area (Å²) in [6.07, 6.45) is -0.247. The number of hydrogen-bond donors (Lipinski definition) is 2. The monoisotopic (exact) mass is 431 g/mol. The number of ether oxygens (including phenoxy) is 2. The molecule has 164 valence electrons. The van der Waals surface area contributed by atoms with E-state index in [2.05, 4.69) is 29.0 Å². The highest BCUT2D eigenvalue weighted by Crippen LogP contribution is 2.30. The van der Waals surface area contributed by atoms with Gasteiger partial charge in [0.2, 0.25) is 0 Å². The van der Waals surface area contributed by atoms with E-state index in [1.807, 2.05) is 0 Å². The van der Waals surface area contributed by atoms with Gasteiger partial charge in [-0.05, 0) is 19.2 Å². The summed E-state index contributed by atoms with van der Waals surface area (Å²) < 4.78 is 35.9. The molecule has 0 spiro atoms. The van der Waals surface area contributed by atoms with Crippen molar-refractivity contribution < 1.29 is 32.4 Å². The first-order chi connectivity index (χ1) is 13.6. The molecule has 11 heteroatoms. The number of benzene rings is 1. The molecule has 1 aliphatic rings. The minimum atomic E-state index is -3.92. The molecule has 1 amide bonds. The first-order valence-corrected chi connectivity index (χ1v) is 11.0. The molecule has 29 heavy (non-hydrogen) atoms. The Hall–Kier alpha value is -2.08. The largest absolute Gasteiger partial charge is 0.494 e. The molecule has 10 nitrogen and oxygen atoms in total. The molecule has 1 aliphatic heterocycles. The fraction of sp³-hybridized carbons (Fsp3) is 0.611. The molecule has 0 aliphatic carbocycles. The molecule has 1 aromatic carbocycles. The molecule has 1 aromatic rings. The van der Waals surface area contributed by atoms with Gasteiger partial charge in [-0.25, -0.2) is 13.2 Å². The van der Waals surface area contributed by atoms with E-state index in [9.17, 15) is 18.4 Å². The smallest absolute Gasteiger partial charge is 0.411 e. The molecule has 0 saturated carbocycles. The van der Waals surface area contributed by atoms with Gasteiger partial charge in [-0.2, -0.15) is 0 Å². The lowest BCUT2D eigenvalue weighted by Gasteiger charge is -2.41. The first kappa shape index (κ1) is 23.2. The topological polar surface area (TPSA) is 108 Å². The van der Waals surface area contributed by atoms with Crippen LogP contribution in [0.25, 0.3) is 0 Å². The summed E-state index contributed by atoms with van der Waals surface area (Å²) >= 11 is 0. The van der Waals surface area contributed by atoms with Crippen molar-refractivity contribution in [3.63, 3.8) is 0 Å². The van der Waals surface area contributed by atoms with Crippen molar-refractivity contribution in [2.75, 3.05) is 76.6 Å². The Labute approximate surface area is 172 Å². The normalized spacial score (nSPS) is 16.9. The van der Waals surface area contributed by atoms with E-state index in [1.165, 1.54) is 32.4 Å². The van der Waals surface area contributed by atoms with Crippen LogP contribution in [0.4, 0.5) is 16.2 Å². The molecule has 0 radical (unpaired) electrons. The summed E-state index contributed by atoms with van der Waals surface area (Å²) in [5.74, 6) is 0.0233. The molecule has 2 rings (SSSR count). The van der Waals surface area contributed by atoms with E-state index in [1.54, 1.807) is 0 Å². The van der Waals surface area contributed by atoms with E-state index < -0.39 is 16.1 Å². The van der Waals surface area contributed by atoms with Gasteiger partial charge in [-0.3, -0.25) is 15.4 Å². The lowest BCUT2D eigenvalue weighted by atomic mass is 10.2. The number of carbonyl (C=O) groups excluding carboxylic acids is 1. The lowest BCUT2D eigenvalue weighted by Crippen LogP contribution is -2.56. The number of nitrogens with zero attached hydrogens (tertiary/aromatic N) is 3. The van der Waals surface area contributed by atoms with Crippen LogP contribution in [0.1, 0.15) is 6.42 Å². The molecular weight excluding hydrogens is 400 g/mol. The van der Waals surface area contributed by atoms with Crippen LogP contribution < -0.4 is 14.5 Å². The average molecular weight is 432 g/mol. The van der Waals surface area contributed by atoms with E-state index in [0.717, 1.165) is 37.2 Å². The van der Waals surface area contributed by atoms with Gasteiger partial charge in [0.05, 0.1) is 58.0 Å². The second-order valence-corrected chi connectivity index (χ2v) is 9.43. The summed E-state index contributed by atoms with van der Waals surface area (Å²) in [6, 6.07) is 4.14. The van der Waals surface area contributed by atoms with Crippen molar-refractivity contribution in [1.82, 2.24) is 4.90 Å². The fourth-order valence-electron chi connectivity index (χ4n) is 3.21. The second-order valence-electron chi connectivity index (χ2n) is 7.51. The zero-order valence-electron chi connectivity index (χ0n) is 17.4. The van der Waals surface area contributed by atoms with Crippen molar-refractivity contribution in [3.05, 3.63) is 18.2 Å². The number of hydrogen-bond acceptors (Lipinski definition) is 7. The molecule has 0 bridgehead atoms. The Morgan fingerprint density at radius 1 is 1.31 bits per heavy atom. The molecule has 0 atom stereocenters. The third kappa shape index (κ3) is 6.20. The summed E-state index contributed by atoms with van der Waals surface area (Å²) in [5, 5.41) is 12.7. The van der Waals surface area contributed by atoms with Gasteiger partial charge in [0.15, 0.2) is 0 Å². The van der Waals surface area contributed by atoms with Crippen LogP contribution in [-0.4, -0.2) is 95.9 Å². The molecule has 0 aromatic heterocycles. The molecule has 2 N–H and O–H groups in total. The van der Waals surface area contributed by atoms with Gasteiger partial charge in [0, 0.05) is 25.6 Å². The van der Waals surface area contributed by atoms with Crippen LogP contribution in [0.15, 0.2) is 18.2 Å². The summed E-state index contributed by atoms with van der Waals surface area (Å²) in [6.45, 7) is 4.66. The summed E-state index contributed by atoms with van der Waals surface area (Å²) in [4.78, 5) is 13.6. The van der Waals surface area contributed by atoms with Gasteiger partial charge < -0.3 is 14.0 Å². The Bertz CT molecular complexity index is 809. The van der Waals surface area contributed by atoms with E-state index in [0.29, 0.717) is 12.1 Å². The number of anilines is 2. The number of rotatable bonds is 8. The Kier molecular flexibility index (Phi) is 7.69. The third-order valence-corrected chi connectivity index (χ3v) is 6.78. The highest BCUT2D eigenvalue weighted by molar-refractivity contribution is 7.92. The fourth-order valence-corrected chi connectivity index (χ4v) is 4.31. The van der Waals surface area contributed by atoms with Gasteiger partial charge in [-0.15, -0.1) is 4.47 Å². The van der Waals surface area contributed by atoms with Gasteiger partial charge in [0.1, 0.15) is 5.75 Å². The van der Waals surface area contributed by atoms with E-state index in [4.69, 9.17) is 4.74 Å². The number of quaternary nitrogens is 1. The van der Waals surface area contributed by atoms with Crippen molar-refractivity contribution in [3.8, 4) is 5.75 Å². The van der Waals surface area contributed by atoms with Crippen LogP contribution in [0.5, 0.6) is 5.75 Å². The van der Waals surface area contributed by atoms with Crippen LogP contribution in [0, 0.1) is 0 Å². The molecule has 1 fully saturated rings. The molecule has 1 heterocycles. The van der Waals surface area contributed by atoms with Gasteiger partial charge >= 0.3 is 6.09 Å². The molecule has 1 saturated heterocycles. The predicted molar refractivity (Wildman–Crippen MR) is 110 cm³/mol. The highest BCUT2D eigenvalue weighted by atomic mass is 32.2. The Balaban J connectivity index is 2.02. The number of nitrogens with one attached hydrogen (secondary N) is 1. The lowest BCUT2D eigenvalue weighted by molar-refractivity contribution is -0.913. The van der Waals surface area contributed by atoms with Gasteiger partial charge in [-0.1, -0.05) is 0 Å². The van der Waals surface area contributed by atoms with Crippen LogP contribution >= 0.6 is 0 Å². The number of likely N-dealkylation sites (N-methyl/N-ethyl adjacent to an activating group) is 2. The molecule has 0 unspecified atom stereocenters. The Morgan fingerprint density at radius 3 is 2.55 bits per heavy atom.